The first kappa shape index (κ1) is 13.7. The molecule has 0 unspecified atom stereocenters. The Bertz CT molecular complexity index is 332. The van der Waals surface area contributed by atoms with Crippen LogP contribution in [0.5, 0.6) is 0 Å². The summed E-state index contributed by atoms with van der Waals surface area (Å²) in [4.78, 5) is 20.0. The molecule has 17 heavy (non-hydrogen) atoms. The molecule has 0 atom stereocenters. The zero-order chi connectivity index (χ0) is 12.8. The van der Waals surface area contributed by atoms with E-state index in [4.69, 9.17) is 0 Å². The number of rotatable bonds is 5. The van der Waals surface area contributed by atoms with E-state index in [2.05, 4.69) is 23.7 Å². The highest BCUT2D eigenvalue weighted by atomic mass is 16.2. The van der Waals surface area contributed by atoms with Crippen LogP contribution < -0.4 is 0 Å². The fourth-order valence-corrected chi connectivity index (χ4v) is 1.56. The van der Waals surface area contributed by atoms with Gasteiger partial charge in [-0.25, -0.2) is 9.78 Å². The lowest BCUT2D eigenvalue weighted by molar-refractivity contribution is 0.186. The van der Waals surface area contributed by atoms with Crippen LogP contribution in [0.3, 0.4) is 0 Å². The minimum atomic E-state index is -0.00181. The van der Waals surface area contributed by atoms with E-state index in [-0.39, 0.29) is 6.03 Å². The van der Waals surface area contributed by atoms with Crippen molar-refractivity contribution in [2.24, 2.45) is 5.92 Å². The molecule has 1 aromatic rings. The molecule has 5 heteroatoms. The Labute approximate surface area is 103 Å². The van der Waals surface area contributed by atoms with Crippen molar-refractivity contribution in [3.05, 3.63) is 18.7 Å². The molecule has 0 aliphatic heterocycles. The molecule has 0 aliphatic carbocycles. The lowest BCUT2D eigenvalue weighted by atomic mass is 10.2. The molecule has 1 amide bonds. The molecule has 0 fully saturated rings. The lowest BCUT2D eigenvalue weighted by Crippen LogP contribution is -2.40. The van der Waals surface area contributed by atoms with E-state index in [1.807, 2.05) is 19.0 Å². The Hall–Kier alpha value is -1.36. The van der Waals surface area contributed by atoms with Gasteiger partial charge in [-0.2, -0.15) is 0 Å². The van der Waals surface area contributed by atoms with Crippen molar-refractivity contribution in [3.8, 4) is 0 Å². The standard InChI is InChI=1S/C12H22N4O/c1-11(2)9-15(8-7-14(3)4)12(17)16-6-5-13-10-16/h5-6,10-11H,7-9H2,1-4H3. The number of carbonyl (C=O) groups is 1. The quantitative estimate of drug-likeness (QED) is 0.778. The molecule has 0 N–H and O–H groups in total. The molecular formula is C12H22N4O. The highest BCUT2D eigenvalue weighted by molar-refractivity contribution is 5.76. The first-order chi connectivity index (χ1) is 8.00. The molecule has 0 aliphatic rings. The molecule has 5 nitrogen and oxygen atoms in total. The summed E-state index contributed by atoms with van der Waals surface area (Å²) in [5.41, 5.74) is 0. The SMILES string of the molecule is CC(C)CN(CCN(C)C)C(=O)n1ccnc1. The maximum atomic E-state index is 12.2. The average molecular weight is 238 g/mol. The third-order valence-corrected chi connectivity index (χ3v) is 2.40. The van der Waals surface area contributed by atoms with Gasteiger partial charge in [0.05, 0.1) is 0 Å². The van der Waals surface area contributed by atoms with Gasteiger partial charge in [0.1, 0.15) is 6.33 Å². The molecule has 1 aromatic heterocycles. The van der Waals surface area contributed by atoms with Crippen LogP contribution in [0.2, 0.25) is 0 Å². The molecule has 0 aromatic carbocycles. The first-order valence-corrected chi connectivity index (χ1v) is 5.92. The number of likely N-dealkylation sites (N-methyl/N-ethyl adjacent to an activating group) is 1. The summed E-state index contributed by atoms with van der Waals surface area (Å²) in [6, 6.07) is -0.00181. The minimum Gasteiger partial charge on any atom is -0.323 e. The van der Waals surface area contributed by atoms with Gasteiger partial charge in [0.15, 0.2) is 0 Å². The second kappa shape index (κ2) is 6.39. The van der Waals surface area contributed by atoms with E-state index in [1.165, 1.54) is 4.57 Å². The molecular weight excluding hydrogens is 216 g/mol. The third-order valence-electron chi connectivity index (χ3n) is 2.40. The van der Waals surface area contributed by atoms with Crippen LogP contribution in [0.4, 0.5) is 4.79 Å². The smallest absolute Gasteiger partial charge is 0.323 e. The van der Waals surface area contributed by atoms with Gasteiger partial charge in [0.2, 0.25) is 0 Å². The van der Waals surface area contributed by atoms with E-state index in [0.29, 0.717) is 5.92 Å². The summed E-state index contributed by atoms with van der Waals surface area (Å²) >= 11 is 0. The van der Waals surface area contributed by atoms with E-state index in [0.717, 1.165) is 19.6 Å². The summed E-state index contributed by atoms with van der Waals surface area (Å²) in [6.45, 7) is 6.61. The van der Waals surface area contributed by atoms with Crippen molar-refractivity contribution in [1.82, 2.24) is 19.4 Å². The average Bonchev–Trinajstić information content (AvgIpc) is 2.75. The van der Waals surface area contributed by atoms with Gasteiger partial charge < -0.3 is 9.80 Å². The van der Waals surface area contributed by atoms with Gasteiger partial charge in [-0.15, -0.1) is 0 Å². The van der Waals surface area contributed by atoms with Gasteiger partial charge in [-0.1, -0.05) is 13.8 Å². The zero-order valence-corrected chi connectivity index (χ0v) is 11.1. The van der Waals surface area contributed by atoms with Crippen molar-refractivity contribution in [2.45, 2.75) is 13.8 Å². The van der Waals surface area contributed by atoms with Crippen molar-refractivity contribution in [3.63, 3.8) is 0 Å². The normalized spacial score (nSPS) is 11.2. The Morgan fingerprint density at radius 1 is 1.35 bits per heavy atom. The zero-order valence-electron chi connectivity index (χ0n) is 11.1. The van der Waals surface area contributed by atoms with Gasteiger partial charge in [0.25, 0.3) is 0 Å². The number of aromatic nitrogens is 2. The molecule has 0 spiro atoms. The van der Waals surface area contributed by atoms with Crippen molar-refractivity contribution < 1.29 is 4.79 Å². The van der Waals surface area contributed by atoms with Crippen LogP contribution in [-0.2, 0) is 0 Å². The minimum absolute atomic E-state index is 0.00181. The Kier molecular flexibility index (Phi) is 5.15. The van der Waals surface area contributed by atoms with E-state index in [1.54, 1.807) is 18.7 Å². The molecule has 1 rings (SSSR count). The van der Waals surface area contributed by atoms with Crippen molar-refractivity contribution in [2.75, 3.05) is 33.7 Å². The maximum absolute atomic E-state index is 12.2. The van der Waals surface area contributed by atoms with Crippen LogP contribution in [0.15, 0.2) is 18.7 Å². The molecule has 0 radical (unpaired) electrons. The maximum Gasteiger partial charge on any atom is 0.329 e. The number of imidazole rings is 1. The number of nitrogens with zero attached hydrogens (tertiary/aromatic N) is 4. The van der Waals surface area contributed by atoms with Crippen LogP contribution in [0.25, 0.3) is 0 Å². The lowest BCUT2D eigenvalue weighted by Gasteiger charge is -2.25. The van der Waals surface area contributed by atoms with E-state index >= 15 is 0 Å². The molecule has 0 bridgehead atoms. The van der Waals surface area contributed by atoms with Crippen molar-refractivity contribution >= 4 is 6.03 Å². The van der Waals surface area contributed by atoms with Crippen LogP contribution in [0.1, 0.15) is 13.8 Å². The second-order valence-electron chi connectivity index (χ2n) is 4.90. The summed E-state index contributed by atoms with van der Waals surface area (Å²) < 4.78 is 1.53. The molecule has 0 saturated heterocycles. The van der Waals surface area contributed by atoms with Gasteiger partial charge in [-0.3, -0.25) is 4.57 Å². The predicted octanol–water partition coefficient (Wildman–Crippen LogP) is 1.37. The monoisotopic (exact) mass is 238 g/mol. The van der Waals surface area contributed by atoms with Gasteiger partial charge in [-0.05, 0) is 20.0 Å². The highest BCUT2D eigenvalue weighted by Crippen LogP contribution is 2.02. The summed E-state index contributed by atoms with van der Waals surface area (Å²) in [7, 11) is 4.02. The Morgan fingerprint density at radius 3 is 2.53 bits per heavy atom. The van der Waals surface area contributed by atoms with Gasteiger partial charge in [0, 0.05) is 32.0 Å². The van der Waals surface area contributed by atoms with Crippen LogP contribution in [-0.4, -0.2) is 59.1 Å². The molecule has 0 saturated carbocycles. The van der Waals surface area contributed by atoms with E-state index < -0.39 is 0 Å². The molecule has 96 valence electrons. The van der Waals surface area contributed by atoms with E-state index in [9.17, 15) is 4.79 Å². The third kappa shape index (κ3) is 4.56. The number of hydrogen-bond acceptors (Lipinski definition) is 3. The Balaban J connectivity index is 2.65. The predicted molar refractivity (Wildman–Crippen MR) is 68.0 cm³/mol. The number of amides is 1. The summed E-state index contributed by atoms with van der Waals surface area (Å²) in [5, 5.41) is 0. The van der Waals surface area contributed by atoms with Crippen LogP contribution >= 0.6 is 0 Å². The highest BCUT2D eigenvalue weighted by Gasteiger charge is 2.16. The topological polar surface area (TPSA) is 41.4 Å². The first-order valence-electron chi connectivity index (χ1n) is 5.92. The second-order valence-corrected chi connectivity index (χ2v) is 4.90. The molecule has 1 heterocycles. The summed E-state index contributed by atoms with van der Waals surface area (Å²) in [5.74, 6) is 0.463. The summed E-state index contributed by atoms with van der Waals surface area (Å²) in [6.07, 6.45) is 4.86. The fraction of sp³-hybridized carbons (Fsp3) is 0.667. The Morgan fingerprint density at radius 2 is 2.06 bits per heavy atom. The largest absolute Gasteiger partial charge is 0.329 e. The fourth-order valence-electron chi connectivity index (χ4n) is 1.56. The van der Waals surface area contributed by atoms with Crippen molar-refractivity contribution in [1.29, 1.82) is 0 Å². The number of carbonyl (C=O) groups excluding carboxylic acids is 1. The number of hydrogen-bond donors (Lipinski definition) is 0. The van der Waals surface area contributed by atoms with Crippen LogP contribution in [0, 0.1) is 5.92 Å². The van der Waals surface area contributed by atoms with Gasteiger partial charge >= 0.3 is 6.03 Å².